The average molecular weight is 276 g/mol. The molecule has 1 N–H and O–H groups in total. The number of rotatable bonds is 4. The molecule has 1 amide bonds. The molecular weight excluding hydrogens is 256 g/mol. The van der Waals surface area contributed by atoms with Crippen LogP contribution in [0.3, 0.4) is 0 Å². The first-order chi connectivity index (χ1) is 9.26. The largest absolute Gasteiger partial charge is 0.272 e. The SMILES string of the molecule is CCCc1cc(C(=O)N/N=C2/C[C@H]3CC[C@@H]2C3)cs1. The minimum atomic E-state index is -0.0612. The van der Waals surface area contributed by atoms with E-state index in [2.05, 4.69) is 17.5 Å². The van der Waals surface area contributed by atoms with Gasteiger partial charge in [-0.15, -0.1) is 11.3 Å². The molecule has 0 saturated heterocycles. The van der Waals surface area contributed by atoms with Crippen molar-refractivity contribution in [2.24, 2.45) is 16.9 Å². The van der Waals surface area contributed by atoms with Crippen molar-refractivity contribution in [2.45, 2.75) is 45.4 Å². The second kappa shape index (κ2) is 5.45. The number of hydrogen-bond donors (Lipinski definition) is 1. The van der Waals surface area contributed by atoms with Crippen LogP contribution >= 0.6 is 11.3 Å². The van der Waals surface area contributed by atoms with Crippen LogP contribution in [0.2, 0.25) is 0 Å². The molecule has 102 valence electrons. The molecule has 3 nitrogen and oxygen atoms in total. The van der Waals surface area contributed by atoms with Gasteiger partial charge < -0.3 is 0 Å². The Kier molecular flexibility index (Phi) is 3.69. The molecule has 2 aliphatic rings. The molecule has 3 rings (SSSR count). The van der Waals surface area contributed by atoms with Gasteiger partial charge in [-0.05, 0) is 50.0 Å². The number of aryl methyl sites for hydroxylation is 1. The third kappa shape index (κ3) is 2.73. The molecule has 0 aromatic carbocycles. The van der Waals surface area contributed by atoms with Crippen LogP contribution in [-0.4, -0.2) is 11.6 Å². The van der Waals surface area contributed by atoms with E-state index >= 15 is 0 Å². The Hall–Kier alpha value is -1.16. The third-order valence-corrected chi connectivity index (χ3v) is 5.22. The molecule has 0 radical (unpaired) electrons. The van der Waals surface area contributed by atoms with E-state index < -0.39 is 0 Å². The molecule has 4 heteroatoms. The molecule has 2 fully saturated rings. The van der Waals surface area contributed by atoms with E-state index in [0.29, 0.717) is 5.92 Å². The number of amides is 1. The Labute approximate surface area is 118 Å². The van der Waals surface area contributed by atoms with Crippen molar-refractivity contribution < 1.29 is 4.79 Å². The Balaban J connectivity index is 1.60. The molecule has 1 aromatic rings. The molecule has 1 aromatic heterocycles. The number of carbonyl (C=O) groups excluding carboxylic acids is 1. The molecule has 0 spiro atoms. The fourth-order valence-corrected chi connectivity index (χ4v) is 4.20. The van der Waals surface area contributed by atoms with Crippen molar-refractivity contribution >= 4 is 23.0 Å². The van der Waals surface area contributed by atoms with Gasteiger partial charge in [0.2, 0.25) is 0 Å². The van der Waals surface area contributed by atoms with E-state index in [1.54, 1.807) is 11.3 Å². The zero-order valence-corrected chi connectivity index (χ0v) is 12.1. The quantitative estimate of drug-likeness (QED) is 0.839. The number of nitrogens with zero attached hydrogens (tertiary/aromatic N) is 1. The molecular formula is C15H20N2OS. The Bertz CT molecular complexity index is 506. The minimum absolute atomic E-state index is 0.0612. The van der Waals surface area contributed by atoms with Gasteiger partial charge in [0.05, 0.1) is 5.56 Å². The number of fused-ring (bicyclic) bond motifs is 2. The minimum Gasteiger partial charge on any atom is -0.267 e. The summed E-state index contributed by atoms with van der Waals surface area (Å²) in [4.78, 5) is 13.3. The normalized spacial score (nSPS) is 27.1. The van der Waals surface area contributed by atoms with Gasteiger partial charge in [0.25, 0.3) is 5.91 Å². The lowest BCUT2D eigenvalue weighted by Gasteiger charge is -2.11. The lowest BCUT2D eigenvalue weighted by Crippen LogP contribution is -2.21. The van der Waals surface area contributed by atoms with E-state index in [1.807, 2.05) is 11.4 Å². The second-order valence-electron chi connectivity index (χ2n) is 5.68. The first kappa shape index (κ1) is 12.9. The van der Waals surface area contributed by atoms with E-state index in [0.717, 1.165) is 30.7 Å². The highest BCUT2D eigenvalue weighted by Crippen LogP contribution is 2.42. The highest BCUT2D eigenvalue weighted by molar-refractivity contribution is 7.10. The smallest absolute Gasteiger partial charge is 0.267 e. The van der Waals surface area contributed by atoms with E-state index in [4.69, 9.17) is 0 Å². The Morgan fingerprint density at radius 2 is 2.42 bits per heavy atom. The fraction of sp³-hybridized carbons (Fsp3) is 0.600. The third-order valence-electron chi connectivity index (χ3n) is 4.22. The van der Waals surface area contributed by atoms with Crippen LogP contribution in [0.15, 0.2) is 16.5 Å². The maximum atomic E-state index is 12.0. The van der Waals surface area contributed by atoms with Crippen molar-refractivity contribution in [1.29, 1.82) is 0 Å². The Morgan fingerprint density at radius 1 is 1.53 bits per heavy atom. The van der Waals surface area contributed by atoms with E-state index in [-0.39, 0.29) is 5.91 Å². The molecule has 1 heterocycles. The van der Waals surface area contributed by atoms with Gasteiger partial charge in [-0.1, -0.05) is 13.3 Å². The lowest BCUT2D eigenvalue weighted by molar-refractivity contribution is 0.0955. The van der Waals surface area contributed by atoms with Gasteiger partial charge in [-0.2, -0.15) is 5.10 Å². The second-order valence-corrected chi connectivity index (χ2v) is 6.67. The predicted octanol–water partition coefficient (Wildman–Crippen LogP) is 3.61. The summed E-state index contributed by atoms with van der Waals surface area (Å²) < 4.78 is 0. The molecule has 2 atom stereocenters. The van der Waals surface area contributed by atoms with Gasteiger partial charge >= 0.3 is 0 Å². The summed E-state index contributed by atoms with van der Waals surface area (Å²) in [6.45, 7) is 2.15. The topological polar surface area (TPSA) is 41.5 Å². The summed E-state index contributed by atoms with van der Waals surface area (Å²) in [5, 5.41) is 6.29. The van der Waals surface area contributed by atoms with Gasteiger partial charge in [0.15, 0.2) is 0 Å². The number of nitrogens with one attached hydrogen (secondary N) is 1. The van der Waals surface area contributed by atoms with E-state index in [9.17, 15) is 4.79 Å². The van der Waals surface area contributed by atoms with Crippen molar-refractivity contribution in [3.8, 4) is 0 Å². The maximum Gasteiger partial charge on any atom is 0.272 e. The van der Waals surface area contributed by atoms with Crippen molar-refractivity contribution in [2.75, 3.05) is 0 Å². The molecule has 0 aliphatic heterocycles. The summed E-state index contributed by atoms with van der Waals surface area (Å²) in [6.07, 6.45) is 7.16. The zero-order valence-electron chi connectivity index (χ0n) is 11.3. The van der Waals surface area contributed by atoms with Crippen LogP contribution in [0.5, 0.6) is 0 Å². The highest BCUT2D eigenvalue weighted by atomic mass is 32.1. The first-order valence-electron chi connectivity index (χ1n) is 7.20. The molecule has 19 heavy (non-hydrogen) atoms. The van der Waals surface area contributed by atoms with E-state index in [1.165, 1.54) is 29.9 Å². The molecule has 0 unspecified atom stereocenters. The highest BCUT2D eigenvalue weighted by Gasteiger charge is 2.36. The number of carbonyl (C=O) groups is 1. The summed E-state index contributed by atoms with van der Waals surface area (Å²) in [6, 6.07) is 1.99. The molecule has 2 aliphatic carbocycles. The van der Waals surface area contributed by atoms with Crippen molar-refractivity contribution in [3.05, 3.63) is 21.9 Å². The van der Waals surface area contributed by atoms with Crippen LogP contribution < -0.4 is 5.43 Å². The van der Waals surface area contributed by atoms with Gasteiger partial charge in [0.1, 0.15) is 0 Å². The number of thiophene rings is 1. The van der Waals surface area contributed by atoms with Crippen LogP contribution in [0, 0.1) is 11.8 Å². The Morgan fingerprint density at radius 3 is 3.11 bits per heavy atom. The summed E-state index contributed by atoms with van der Waals surface area (Å²) in [5.41, 5.74) is 4.70. The fourth-order valence-electron chi connectivity index (χ4n) is 3.23. The van der Waals surface area contributed by atoms with Crippen LogP contribution in [0.25, 0.3) is 0 Å². The van der Waals surface area contributed by atoms with Gasteiger partial charge in [-0.3, -0.25) is 4.79 Å². The first-order valence-corrected chi connectivity index (χ1v) is 8.08. The molecule has 2 saturated carbocycles. The number of hydrogen-bond acceptors (Lipinski definition) is 3. The van der Waals surface area contributed by atoms with Crippen molar-refractivity contribution in [3.63, 3.8) is 0 Å². The zero-order chi connectivity index (χ0) is 13.2. The maximum absolute atomic E-state index is 12.0. The summed E-state index contributed by atoms with van der Waals surface area (Å²) in [7, 11) is 0. The number of hydrazone groups is 1. The van der Waals surface area contributed by atoms with Crippen LogP contribution in [0.4, 0.5) is 0 Å². The van der Waals surface area contributed by atoms with Gasteiger partial charge in [-0.25, -0.2) is 5.43 Å². The lowest BCUT2D eigenvalue weighted by atomic mass is 9.99. The van der Waals surface area contributed by atoms with Crippen molar-refractivity contribution in [1.82, 2.24) is 5.43 Å². The van der Waals surface area contributed by atoms with Crippen LogP contribution in [-0.2, 0) is 6.42 Å². The summed E-state index contributed by atoms with van der Waals surface area (Å²) in [5.74, 6) is 1.41. The van der Waals surface area contributed by atoms with Crippen LogP contribution in [0.1, 0.15) is 54.3 Å². The standard InChI is InChI=1S/C15H20N2OS/c1-2-3-13-8-12(9-19-13)15(18)17-16-14-7-10-4-5-11(14)6-10/h8-11H,2-7H2,1H3,(H,17,18)/b16-14-/t10-,11+/m0/s1. The monoisotopic (exact) mass is 276 g/mol. The average Bonchev–Trinajstić information content (AvgIpc) is 3.12. The predicted molar refractivity (Wildman–Crippen MR) is 78.7 cm³/mol. The summed E-state index contributed by atoms with van der Waals surface area (Å²) >= 11 is 1.66. The molecule has 2 bridgehead atoms. The van der Waals surface area contributed by atoms with Gasteiger partial charge in [0, 0.05) is 16.0 Å².